The van der Waals surface area contributed by atoms with Crippen molar-refractivity contribution in [3.63, 3.8) is 0 Å². The van der Waals surface area contributed by atoms with E-state index in [9.17, 15) is 5.11 Å². The van der Waals surface area contributed by atoms with Gasteiger partial charge in [0.05, 0.1) is 0 Å². The van der Waals surface area contributed by atoms with E-state index in [0.29, 0.717) is 6.61 Å². The molecule has 0 bridgehead atoms. The van der Waals surface area contributed by atoms with E-state index < -0.39 is 0 Å². The third kappa shape index (κ3) is 3.06. The molecule has 0 aliphatic heterocycles. The summed E-state index contributed by atoms with van der Waals surface area (Å²) >= 11 is 3.48. The topological polar surface area (TPSA) is 23.5 Å². The molecule has 0 radical (unpaired) electrons. The van der Waals surface area contributed by atoms with E-state index in [1.54, 1.807) is 0 Å². The Hall–Kier alpha value is -0.380. The minimum absolute atomic E-state index is 0.209. The molecule has 1 fully saturated rings. The molecule has 0 amide bonds. The van der Waals surface area contributed by atoms with Crippen molar-refractivity contribution in [3.8, 4) is 0 Å². The van der Waals surface area contributed by atoms with Crippen LogP contribution in [0, 0.1) is 5.41 Å². The van der Waals surface area contributed by atoms with Crippen LogP contribution in [-0.4, -0.2) is 30.2 Å². The number of hydrogen-bond acceptors (Lipinski definition) is 2. The molecule has 0 saturated heterocycles. The number of hydrogen-bond donors (Lipinski definition) is 1. The average Bonchev–Trinajstić information content (AvgIpc) is 2.98. The van der Waals surface area contributed by atoms with Crippen molar-refractivity contribution >= 4 is 15.9 Å². The third-order valence-electron chi connectivity index (χ3n) is 3.24. The van der Waals surface area contributed by atoms with Crippen LogP contribution in [0.3, 0.4) is 0 Å². The van der Waals surface area contributed by atoms with Gasteiger partial charge >= 0.3 is 0 Å². The van der Waals surface area contributed by atoms with E-state index >= 15 is 0 Å². The molecular weight excluding hydrogens is 266 g/mol. The van der Waals surface area contributed by atoms with Gasteiger partial charge in [-0.2, -0.15) is 0 Å². The van der Waals surface area contributed by atoms with E-state index in [1.165, 1.54) is 18.4 Å². The molecule has 16 heavy (non-hydrogen) atoms. The molecule has 1 aromatic carbocycles. The van der Waals surface area contributed by atoms with Crippen molar-refractivity contribution < 1.29 is 5.11 Å². The molecule has 0 aromatic heterocycles. The SMILES string of the molecule is CN(Cc1cccc(Br)c1)CC1(CO)CC1. The molecule has 2 rings (SSSR count). The van der Waals surface area contributed by atoms with Gasteiger partial charge in [-0.25, -0.2) is 0 Å². The number of rotatable bonds is 5. The fourth-order valence-electron chi connectivity index (χ4n) is 2.12. The summed E-state index contributed by atoms with van der Waals surface area (Å²) in [5, 5.41) is 9.28. The molecule has 0 atom stereocenters. The van der Waals surface area contributed by atoms with Crippen LogP contribution in [0.4, 0.5) is 0 Å². The van der Waals surface area contributed by atoms with Gasteiger partial charge < -0.3 is 10.0 Å². The summed E-state index contributed by atoms with van der Waals surface area (Å²) in [7, 11) is 2.12. The Kier molecular flexibility index (Phi) is 3.67. The number of aliphatic hydroxyl groups is 1. The summed E-state index contributed by atoms with van der Waals surface area (Å²) in [5.74, 6) is 0. The zero-order valence-electron chi connectivity index (χ0n) is 9.62. The van der Waals surface area contributed by atoms with E-state index in [0.717, 1.165) is 17.6 Å². The number of benzene rings is 1. The number of aliphatic hydroxyl groups excluding tert-OH is 1. The van der Waals surface area contributed by atoms with Crippen molar-refractivity contribution in [1.29, 1.82) is 0 Å². The van der Waals surface area contributed by atoms with Crippen molar-refractivity contribution in [1.82, 2.24) is 4.90 Å². The first-order chi connectivity index (χ1) is 7.63. The second-order valence-corrected chi connectivity index (χ2v) is 5.88. The Morgan fingerprint density at radius 1 is 1.44 bits per heavy atom. The molecule has 1 saturated carbocycles. The Morgan fingerprint density at radius 2 is 2.19 bits per heavy atom. The summed E-state index contributed by atoms with van der Waals surface area (Å²) < 4.78 is 1.13. The predicted molar refractivity (Wildman–Crippen MR) is 69.2 cm³/mol. The van der Waals surface area contributed by atoms with Gasteiger partial charge in [0.25, 0.3) is 0 Å². The fourth-order valence-corrected chi connectivity index (χ4v) is 2.57. The van der Waals surface area contributed by atoms with Crippen LogP contribution in [0.15, 0.2) is 28.7 Å². The molecule has 1 aliphatic rings. The first-order valence-electron chi connectivity index (χ1n) is 5.67. The second-order valence-electron chi connectivity index (χ2n) is 4.96. The minimum atomic E-state index is 0.209. The van der Waals surface area contributed by atoms with E-state index in [1.807, 2.05) is 6.07 Å². The smallest absolute Gasteiger partial charge is 0.0499 e. The highest BCUT2D eigenvalue weighted by molar-refractivity contribution is 9.10. The molecule has 2 nitrogen and oxygen atoms in total. The lowest BCUT2D eigenvalue weighted by atomic mass is 10.1. The first-order valence-corrected chi connectivity index (χ1v) is 6.47. The lowest BCUT2D eigenvalue weighted by molar-refractivity contribution is 0.161. The summed E-state index contributed by atoms with van der Waals surface area (Å²) in [6.07, 6.45) is 2.35. The monoisotopic (exact) mass is 283 g/mol. The van der Waals surface area contributed by atoms with Gasteiger partial charge in [-0.15, -0.1) is 0 Å². The third-order valence-corrected chi connectivity index (χ3v) is 3.73. The highest BCUT2D eigenvalue weighted by Gasteiger charge is 2.42. The quantitative estimate of drug-likeness (QED) is 0.898. The number of halogens is 1. The number of nitrogens with zero attached hydrogens (tertiary/aromatic N) is 1. The zero-order valence-corrected chi connectivity index (χ0v) is 11.2. The first kappa shape index (κ1) is 12.1. The molecule has 3 heteroatoms. The van der Waals surface area contributed by atoms with Crippen molar-refractivity contribution in [2.75, 3.05) is 20.2 Å². The maximum absolute atomic E-state index is 9.28. The van der Waals surface area contributed by atoms with E-state index in [-0.39, 0.29) is 5.41 Å². The summed E-state index contributed by atoms with van der Waals surface area (Å²) in [4.78, 5) is 2.30. The predicted octanol–water partition coefficient (Wildman–Crippen LogP) is 2.65. The van der Waals surface area contributed by atoms with Crippen LogP contribution in [0.25, 0.3) is 0 Å². The highest BCUT2D eigenvalue weighted by atomic mass is 79.9. The molecule has 0 heterocycles. The van der Waals surface area contributed by atoms with Crippen LogP contribution in [0.1, 0.15) is 18.4 Å². The van der Waals surface area contributed by atoms with Gasteiger partial charge in [-0.1, -0.05) is 28.1 Å². The van der Waals surface area contributed by atoms with E-state index in [4.69, 9.17) is 0 Å². The molecule has 0 unspecified atom stereocenters. The second kappa shape index (κ2) is 4.86. The largest absolute Gasteiger partial charge is 0.396 e. The Bertz CT molecular complexity index is 363. The Labute approximate surface area is 105 Å². The van der Waals surface area contributed by atoms with Gasteiger partial charge in [0.2, 0.25) is 0 Å². The molecule has 1 N–H and O–H groups in total. The van der Waals surface area contributed by atoms with Gasteiger partial charge in [0.1, 0.15) is 0 Å². The maximum atomic E-state index is 9.28. The van der Waals surface area contributed by atoms with Crippen molar-refractivity contribution in [3.05, 3.63) is 34.3 Å². The fraction of sp³-hybridized carbons (Fsp3) is 0.538. The van der Waals surface area contributed by atoms with Gasteiger partial charge in [-0.3, -0.25) is 0 Å². The summed E-state index contributed by atoms with van der Waals surface area (Å²) in [5.41, 5.74) is 1.52. The van der Waals surface area contributed by atoms with Crippen molar-refractivity contribution in [2.24, 2.45) is 5.41 Å². The zero-order chi connectivity index (χ0) is 11.6. The van der Waals surface area contributed by atoms with Crippen LogP contribution in [0.2, 0.25) is 0 Å². The summed E-state index contributed by atoms with van der Waals surface area (Å²) in [6.45, 7) is 2.27. The maximum Gasteiger partial charge on any atom is 0.0499 e. The lowest BCUT2D eigenvalue weighted by Gasteiger charge is -2.22. The summed E-state index contributed by atoms with van der Waals surface area (Å²) in [6, 6.07) is 8.39. The normalized spacial score (nSPS) is 17.8. The Balaban J connectivity index is 1.89. The standard InChI is InChI=1S/C13H18BrNO/c1-15(9-13(10-16)5-6-13)8-11-3-2-4-12(14)7-11/h2-4,7,16H,5-6,8-10H2,1H3. The Morgan fingerprint density at radius 3 is 2.75 bits per heavy atom. The average molecular weight is 284 g/mol. The molecule has 0 spiro atoms. The van der Waals surface area contributed by atoms with Crippen LogP contribution in [-0.2, 0) is 6.54 Å². The van der Waals surface area contributed by atoms with Crippen molar-refractivity contribution in [2.45, 2.75) is 19.4 Å². The van der Waals surface area contributed by atoms with Gasteiger partial charge in [0.15, 0.2) is 0 Å². The molecular formula is C13H18BrNO. The lowest BCUT2D eigenvalue weighted by Crippen LogP contribution is -2.28. The van der Waals surface area contributed by atoms with Crippen LogP contribution in [0.5, 0.6) is 0 Å². The van der Waals surface area contributed by atoms with Crippen LogP contribution >= 0.6 is 15.9 Å². The highest BCUT2D eigenvalue weighted by Crippen LogP contribution is 2.45. The molecule has 1 aromatic rings. The van der Waals surface area contributed by atoms with E-state index in [2.05, 4.69) is 46.1 Å². The minimum Gasteiger partial charge on any atom is -0.396 e. The van der Waals surface area contributed by atoms with Crippen LogP contribution < -0.4 is 0 Å². The van der Waals surface area contributed by atoms with Gasteiger partial charge in [-0.05, 0) is 37.6 Å². The molecule has 1 aliphatic carbocycles. The molecule has 88 valence electrons. The van der Waals surface area contributed by atoms with Gasteiger partial charge in [0, 0.05) is 29.6 Å².